The zero-order valence-corrected chi connectivity index (χ0v) is 8.91. The molecule has 0 atom stereocenters. The Kier molecular flexibility index (Phi) is 31.4. The normalized spacial score (nSPS) is 6.75. The predicted molar refractivity (Wildman–Crippen MR) is 34.7 cm³/mol. The van der Waals surface area contributed by atoms with Crippen LogP contribution in [0.3, 0.4) is 0 Å². The summed E-state index contributed by atoms with van der Waals surface area (Å²) in [6.07, 6.45) is 0. The van der Waals surface area contributed by atoms with Crippen LogP contribution in [0.25, 0.3) is 0 Å². The molecule has 1 radical (unpaired) electrons. The molecule has 8 heavy (non-hydrogen) atoms. The Hall–Kier alpha value is 1.06. The number of rotatable bonds is 1. The largest absolute Gasteiger partial charge is 0.471 e. The number of nitrogens with one attached hydrogen (secondary N) is 1. The van der Waals surface area contributed by atoms with Gasteiger partial charge in [0, 0.05) is 32.7 Å². The average molecular weight is 190 g/mol. The van der Waals surface area contributed by atoms with Crippen LogP contribution in [0.1, 0.15) is 20.8 Å². The van der Waals surface area contributed by atoms with Gasteiger partial charge in [0.25, 0.3) is 0 Å². The van der Waals surface area contributed by atoms with Crippen molar-refractivity contribution in [3.8, 4) is 0 Å². The van der Waals surface area contributed by atoms with Crippen LogP contribution in [-0.2, 0) is 32.7 Å². The molecule has 49 valence electrons. The minimum atomic E-state index is 0. The summed E-state index contributed by atoms with van der Waals surface area (Å²) >= 11 is 0. The summed E-state index contributed by atoms with van der Waals surface area (Å²) in [6, 6.07) is 0.523. The van der Waals surface area contributed by atoms with Gasteiger partial charge >= 0.3 is 0 Å². The zero-order chi connectivity index (χ0) is 6.28. The fraction of sp³-hybridized carbons (Fsp3) is 0.667. The molecule has 0 rings (SSSR count). The van der Waals surface area contributed by atoms with E-state index in [9.17, 15) is 0 Å². The van der Waals surface area contributed by atoms with Crippen molar-refractivity contribution in [2.24, 2.45) is 0 Å². The average Bonchev–Trinajstić information content (AvgIpc) is 1.73. The molecule has 0 saturated heterocycles. The summed E-state index contributed by atoms with van der Waals surface area (Å²) in [7, 11) is 3.44. The monoisotopic (exact) mass is 190 g/mol. The van der Waals surface area contributed by atoms with E-state index in [2.05, 4.69) is 19.3 Å². The molecule has 0 amide bonds. The van der Waals surface area contributed by atoms with Gasteiger partial charge in [0.1, 0.15) is 0 Å². The van der Waals surface area contributed by atoms with Crippen LogP contribution in [0.15, 0.2) is 0 Å². The van der Waals surface area contributed by atoms with E-state index in [1.54, 1.807) is 6.92 Å². The minimum absolute atomic E-state index is 0. The Morgan fingerprint density at radius 1 is 1.25 bits per heavy atom. The Bertz CT molecular complexity index is 22.5. The van der Waals surface area contributed by atoms with Gasteiger partial charge in [0.15, 0.2) is 0 Å². The van der Waals surface area contributed by atoms with Gasteiger partial charge in [-0.25, -0.2) is 0 Å². The van der Waals surface area contributed by atoms with Gasteiger partial charge in [0.2, 0.25) is 0 Å². The quantitative estimate of drug-likeness (QED) is 0.619. The van der Waals surface area contributed by atoms with Crippen LogP contribution >= 0.6 is 0 Å². The van der Waals surface area contributed by atoms with E-state index < -0.39 is 0 Å². The summed E-state index contributed by atoms with van der Waals surface area (Å²) in [5.74, 6) is 0. The van der Waals surface area contributed by atoms with Crippen molar-refractivity contribution >= 4 is 0 Å². The third-order valence-electron chi connectivity index (χ3n) is 0.408. The molecular weight excluding hydrogens is 175 g/mol. The second-order valence-corrected chi connectivity index (χ2v) is 1.36. The fourth-order valence-corrected chi connectivity index (χ4v) is 0. The van der Waals surface area contributed by atoms with Crippen LogP contribution in [0.2, 0.25) is 0 Å². The first-order valence-electron chi connectivity index (χ1n) is 2.50. The Morgan fingerprint density at radius 2 is 1.38 bits per heavy atom. The van der Waals surface area contributed by atoms with Crippen LogP contribution in [0.5, 0.6) is 0 Å². The van der Waals surface area contributed by atoms with Crippen molar-refractivity contribution in [2.75, 3.05) is 0 Å². The van der Waals surface area contributed by atoms with Crippen molar-refractivity contribution in [1.29, 1.82) is 0 Å². The maximum atomic E-state index is 3.44. The van der Waals surface area contributed by atoms with Gasteiger partial charge in [-0.15, -0.1) is 0 Å². The molecule has 0 saturated carbocycles. The maximum Gasteiger partial charge on any atom is 0 e. The summed E-state index contributed by atoms with van der Waals surface area (Å²) in [5.41, 5.74) is 0. The van der Waals surface area contributed by atoms with Gasteiger partial charge in [-0.05, 0) is 6.04 Å². The van der Waals surface area contributed by atoms with Gasteiger partial charge < -0.3 is 12.2 Å². The summed E-state index contributed by atoms with van der Waals surface area (Å²) < 4.78 is 0. The van der Waals surface area contributed by atoms with Crippen molar-refractivity contribution in [1.82, 2.24) is 5.32 Å². The molecule has 0 fully saturated rings. The first-order chi connectivity index (χ1) is 3.27. The summed E-state index contributed by atoms with van der Waals surface area (Å²) in [6.45, 7) is 9.10. The molecule has 0 aromatic heterocycles. The third-order valence-corrected chi connectivity index (χ3v) is 0.408. The van der Waals surface area contributed by atoms with E-state index in [-0.39, 0.29) is 32.7 Å². The summed E-state index contributed by atoms with van der Waals surface area (Å²) in [4.78, 5) is 0. The molecule has 0 aliphatic rings. The van der Waals surface area contributed by atoms with Crippen molar-refractivity contribution in [2.45, 2.75) is 26.8 Å². The van der Waals surface area contributed by atoms with Gasteiger partial charge in [-0.2, -0.15) is 6.92 Å². The predicted octanol–water partition coefficient (Wildman–Crippen LogP) is 1.61. The van der Waals surface area contributed by atoms with E-state index in [4.69, 9.17) is 0 Å². The molecule has 0 heterocycles. The summed E-state index contributed by atoms with van der Waals surface area (Å²) in [5, 5.41) is 2.78. The van der Waals surface area contributed by atoms with E-state index in [1.165, 1.54) is 0 Å². The molecule has 1 N–H and O–H groups in total. The number of hydrogen-bond donors (Lipinski definition) is 1. The van der Waals surface area contributed by atoms with Crippen molar-refractivity contribution < 1.29 is 32.7 Å². The van der Waals surface area contributed by atoms with Crippen molar-refractivity contribution in [3.63, 3.8) is 0 Å². The third kappa shape index (κ3) is 27.7. The molecule has 0 unspecified atom stereocenters. The first-order valence-corrected chi connectivity index (χ1v) is 2.50. The molecule has 0 aromatic rings. The second kappa shape index (κ2) is 15.7. The SMILES string of the molecule is [CH2-]C.[CH2-]NC(C)C.[Y]. The molecule has 2 heteroatoms. The van der Waals surface area contributed by atoms with E-state index in [0.29, 0.717) is 6.04 Å². The Morgan fingerprint density at radius 3 is 1.38 bits per heavy atom. The van der Waals surface area contributed by atoms with Crippen LogP contribution in [0, 0.1) is 14.0 Å². The van der Waals surface area contributed by atoms with Crippen molar-refractivity contribution in [3.05, 3.63) is 14.0 Å². The molecule has 0 aliphatic carbocycles. The Labute approximate surface area is 78.5 Å². The molecule has 0 spiro atoms. The standard InChI is InChI=1S/C4H10N.C2H5.Y/c1-4(2)5-3;1-2;/h4-5H,3H2,1-2H3;1H2,2H3;/q2*-1;. The molecule has 1 nitrogen and oxygen atoms in total. The van der Waals surface area contributed by atoms with Gasteiger partial charge in [0.05, 0.1) is 0 Å². The van der Waals surface area contributed by atoms with E-state index in [1.807, 2.05) is 13.8 Å². The van der Waals surface area contributed by atoms with E-state index in [0.717, 1.165) is 0 Å². The van der Waals surface area contributed by atoms with Crippen LogP contribution < -0.4 is 5.32 Å². The second-order valence-electron chi connectivity index (χ2n) is 1.36. The molecular formula is C6H15NY-2. The topological polar surface area (TPSA) is 12.0 Å². The van der Waals surface area contributed by atoms with E-state index >= 15 is 0 Å². The molecule has 0 aliphatic heterocycles. The van der Waals surface area contributed by atoms with Gasteiger partial charge in [-0.1, -0.05) is 13.8 Å². The molecule has 0 aromatic carbocycles. The Balaban J connectivity index is -0.0000000750. The smallest absolute Gasteiger partial charge is 0 e. The number of hydrogen-bond acceptors (Lipinski definition) is 1. The fourth-order valence-electron chi connectivity index (χ4n) is 0. The zero-order valence-electron chi connectivity index (χ0n) is 6.07. The molecule has 0 bridgehead atoms. The first kappa shape index (κ1) is 16.0. The van der Waals surface area contributed by atoms with Crippen LogP contribution in [0.4, 0.5) is 0 Å². The minimum Gasteiger partial charge on any atom is -0.471 e. The van der Waals surface area contributed by atoms with Crippen LogP contribution in [-0.4, -0.2) is 6.04 Å². The van der Waals surface area contributed by atoms with Gasteiger partial charge in [-0.3, -0.25) is 7.05 Å². The maximum absolute atomic E-state index is 3.44.